The van der Waals surface area contributed by atoms with Gasteiger partial charge in [0.25, 0.3) is 0 Å². The summed E-state index contributed by atoms with van der Waals surface area (Å²) >= 11 is 3.63. The summed E-state index contributed by atoms with van der Waals surface area (Å²) in [5.41, 5.74) is 1.30. The summed E-state index contributed by atoms with van der Waals surface area (Å²) in [6.07, 6.45) is 1.19. The summed E-state index contributed by atoms with van der Waals surface area (Å²) in [5, 5.41) is 3.46. The van der Waals surface area contributed by atoms with Gasteiger partial charge < -0.3 is 10.1 Å². The van der Waals surface area contributed by atoms with Crippen molar-refractivity contribution in [3.63, 3.8) is 0 Å². The van der Waals surface area contributed by atoms with Crippen LogP contribution in [0.5, 0.6) is 5.75 Å². The van der Waals surface area contributed by atoms with Crippen LogP contribution >= 0.6 is 15.9 Å². The summed E-state index contributed by atoms with van der Waals surface area (Å²) in [6, 6.07) is 6.82. The zero-order valence-electron chi connectivity index (χ0n) is 11.1. The first-order valence-electron chi connectivity index (χ1n) is 6.51. The van der Waals surface area contributed by atoms with Crippen molar-refractivity contribution < 1.29 is 4.74 Å². The number of nitrogens with one attached hydrogen (secondary N) is 1. The number of hydrogen-bond donors (Lipinski definition) is 1. The molecule has 1 atom stereocenters. The third-order valence-electron chi connectivity index (χ3n) is 3.57. The quantitative estimate of drug-likeness (QED) is 0.925. The van der Waals surface area contributed by atoms with Gasteiger partial charge in [0, 0.05) is 36.7 Å². The molecule has 3 nitrogen and oxygen atoms in total. The summed E-state index contributed by atoms with van der Waals surface area (Å²) in [7, 11) is 1.71. The Bertz CT molecular complexity index is 397. The second kappa shape index (κ2) is 6.55. The van der Waals surface area contributed by atoms with Gasteiger partial charge in [-0.3, -0.25) is 4.90 Å². The summed E-state index contributed by atoms with van der Waals surface area (Å²) in [5.74, 6) is 0.927. The lowest BCUT2D eigenvalue weighted by molar-refractivity contribution is 0.148. The van der Waals surface area contributed by atoms with E-state index in [4.69, 9.17) is 4.74 Å². The Morgan fingerprint density at radius 2 is 2.33 bits per heavy atom. The van der Waals surface area contributed by atoms with Crippen molar-refractivity contribution in [1.29, 1.82) is 0 Å². The Balaban J connectivity index is 2.11. The van der Waals surface area contributed by atoms with Crippen LogP contribution in [0.3, 0.4) is 0 Å². The molecule has 1 aliphatic rings. The predicted molar refractivity (Wildman–Crippen MR) is 78.1 cm³/mol. The van der Waals surface area contributed by atoms with Crippen LogP contribution < -0.4 is 10.1 Å². The number of piperazine rings is 1. The van der Waals surface area contributed by atoms with Crippen molar-refractivity contribution in [2.45, 2.75) is 25.9 Å². The first-order chi connectivity index (χ1) is 8.74. The van der Waals surface area contributed by atoms with Gasteiger partial charge in [-0.2, -0.15) is 0 Å². The zero-order valence-corrected chi connectivity index (χ0v) is 12.7. The molecular formula is C14H21BrN2O. The number of nitrogens with zero attached hydrogens (tertiary/aromatic N) is 1. The minimum atomic E-state index is 0.636. The molecule has 0 bridgehead atoms. The van der Waals surface area contributed by atoms with Crippen molar-refractivity contribution >= 4 is 15.9 Å². The molecule has 1 aromatic rings. The van der Waals surface area contributed by atoms with E-state index in [0.29, 0.717) is 6.04 Å². The highest BCUT2D eigenvalue weighted by molar-refractivity contribution is 9.10. The van der Waals surface area contributed by atoms with E-state index in [1.807, 2.05) is 6.07 Å². The van der Waals surface area contributed by atoms with Gasteiger partial charge in [0.1, 0.15) is 5.75 Å². The van der Waals surface area contributed by atoms with Crippen LogP contribution in [0.4, 0.5) is 0 Å². The Hall–Kier alpha value is -0.580. The maximum atomic E-state index is 5.30. The predicted octanol–water partition coefficient (Wildman–Crippen LogP) is 2.64. The molecule has 0 aromatic heterocycles. The normalized spacial score (nSPS) is 20.9. The molecule has 100 valence electrons. The standard InChI is InChI=1S/C14H21BrN2O/c1-3-12-9-16-6-7-17(12)10-11-8-13(18-2)4-5-14(11)15/h4-5,8,12,16H,3,6-7,9-10H2,1-2H3. The van der Waals surface area contributed by atoms with Crippen LogP contribution in [0.15, 0.2) is 22.7 Å². The maximum Gasteiger partial charge on any atom is 0.119 e. The molecule has 0 amide bonds. The van der Waals surface area contributed by atoms with Crippen LogP contribution in [0.1, 0.15) is 18.9 Å². The van der Waals surface area contributed by atoms with Gasteiger partial charge in [-0.15, -0.1) is 0 Å². The minimum absolute atomic E-state index is 0.636. The van der Waals surface area contributed by atoms with Gasteiger partial charge in [-0.05, 0) is 30.2 Å². The second-order valence-corrected chi connectivity index (χ2v) is 5.55. The molecule has 1 aromatic carbocycles. The first-order valence-corrected chi connectivity index (χ1v) is 7.31. The van der Waals surface area contributed by atoms with E-state index in [2.05, 4.69) is 45.2 Å². The van der Waals surface area contributed by atoms with Gasteiger partial charge >= 0.3 is 0 Å². The number of hydrogen-bond acceptors (Lipinski definition) is 3. The molecule has 1 unspecified atom stereocenters. The fourth-order valence-corrected chi connectivity index (χ4v) is 2.80. The molecule has 0 radical (unpaired) electrons. The van der Waals surface area contributed by atoms with E-state index in [1.165, 1.54) is 12.0 Å². The fourth-order valence-electron chi connectivity index (χ4n) is 2.43. The van der Waals surface area contributed by atoms with Crippen molar-refractivity contribution in [3.05, 3.63) is 28.2 Å². The third kappa shape index (κ3) is 3.25. The number of halogens is 1. The average Bonchev–Trinajstić information content (AvgIpc) is 2.42. The molecule has 1 heterocycles. The molecule has 0 aliphatic carbocycles. The van der Waals surface area contributed by atoms with Crippen molar-refractivity contribution in [1.82, 2.24) is 10.2 Å². The van der Waals surface area contributed by atoms with Crippen LogP contribution in [0.25, 0.3) is 0 Å². The average molecular weight is 313 g/mol. The lowest BCUT2D eigenvalue weighted by atomic mass is 10.1. The van der Waals surface area contributed by atoms with Crippen LogP contribution in [0.2, 0.25) is 0 Å². The molecule has 4 heteroatoms. The lowest BCUT2D eigenvalue weighted by Crippen LogP contribution is -2.50. The minimum Gasteiger partial charge on any atom is -0.497 e. The molecule has 1 fully saturated rings. The highest BCUT2D eigenvalue weighted by atomic mass is 79.9. The topological polar surface area (TPSA) is 24.5 Å². The molecule has 1 aliphatic heterocycles. The van der Waals surface area contributed by atoms with Crippen LogP contribution in [-0.4, -0.2) is 37.7 Å². The smallest absolute Gasteiger partial charge is 0.119 e. The van der Waals surface area contributed by atoms with Gasteiger partial charge in [-0.1, -0.05) is 22.9 Å². The molecule has 1 N–H and O–H groups in total. The monoisotopic (exact) mass is 312 g/mol. The van der Waals surface area contributed by atoms with Crippen LogP contribution in [0, 0.1) is 0 Å². The molecule has 18 heavy (non-hydrogen) atoms. The largest absolute Gasteiger partial charge is 0.497 e. The molecule has 2 rings (SSSR count). The van der Waals surface area contributed by atoms with Gasteiger partial charge in [0.2, 0.25) is 0 Å². The Morgan fingerprint density at radius 1 is 1.50 bits per heavy atom. The highest BCUT2D eigenvalue weighted by Gasteiger charge is 2.21. The lowest BCUT2D eigenvalue weighted by Gasteiger charge is -2.36. The van der Waals surface area contributed by atoms with E-state index >= 15 is 0 Å². The Labute approximate surface area is 118 Å². The highest BCUT2D eigenvalue weighted by Crippen LogP contribution is 2.25. The Kier molecular flexibility index (Phi) is 5.03. The molecule has 0 spiro atoms. The summed E-state index contributed by atoms with van der Waals surface area (Å²) < 4.78 is 6.46. The summed E-state index contributed by atoms with van der Waals surface area (Å²) in [6.45, 7) is 6.53. The molecular weight excluding hydrogens is 292 g/mol. The van der Waals surface area contributed by atoms with E-state index < -0.39 is 0 Å². The number of rotatable bonds is 4. The van der Waals surface area contributed by atoms with E-state index in [-0.39, 0.29) is 0 Å². The zero-order chi connectivity index (χ0) is 13.0. The van der Waals surface area contributed by atoms with Crippen LogP contribution in [-0.2, 0) is 6.54 Å². The summed E-state index contributed by atoms with van der Waals surface area (Å²) in [4.78, 5) is 2.55. The molecule has 0 saturated carbocycles. The van der Waals surface area contributed by atoms with Crippen molar-refractivity contribution in [3.8, 4) is 5.75 Å². The number of ether oxygens (including phenoxy) is 1. The van der Waals surface area contributed by atoms with Gasteiger partial charge in [0.05, 0.1) is 7.11 Å². The van der Waals surface area contributed by atoms with E-state index in [9.17, 15) is 0 Å². The second-order valence-electron chi connectivity index (χ2n) is 4.69. The number of benzene rings is 1. The maximum absolute atomic E-state index is 5.30. The third-order valence-corrected chi connectivity index (χ3v) is 4.34. The van der Waals surface area contributed by atoms with Gasteiger partial charge in [0.15, 0.2) is 0 Å². The first kappa shape index (κ1) is 13.8. The SMILES string of the molecule is CCC1CNCCN1Cc1cc(OC)ccc1Br. The van der Waals surface area contributed by atoms with Crippen molar-refractivity contribution in [2.75, 3.05) is 26.7 Å². The van der Waals surface area contributed by atoms with Gasteiger partial charge in [-0.25, -0.2) is 0 Å². The Morgan fingerprint density at radius 3 is 3.06 bits per heavy atom. The number of methoxy groups -OCH3 is 1. The van der Waals surface area contributed by atoms with E-state index in [1.54, 1.807) is 7.11 Å². The van der Waals surface area contributed by atoms with E-state index in [0.717, 1.165) is 36.4 Å². The van der Waals surface area contributed by atoms with Crippen molar-refractivity contribution in [2.24, 2.45) is 0 Å². The molecule has 1 saturated heterocycles. The fraction of sp³-hybridized carbons (Fsp3) is 0.571.